The highest BCUT2D eigenvalue weighted by Gasteiger charge is 2.12. The zero-order valence-electron chi connectivity index (χ0n) is 13.3. The van der Waals surface area contributed by atoms with E-state index in [4.69, 9.17) is 0 Å². The van der Waals surface area contributed by atoms with Crippen molar-refractivity contribution in [2.75, 3.05) is 6.54 Å². The van der Waals surface area contributed by atoms with E-state index >= 15 is 0 Å². The molecule has 4 rings (SSSR count). The maximum absolute atomic E-state index is 12.4. The van der Waals surface area contributed by atoms with Crippen LogP contribution in [0.25, 0.3) is 11.3 Å². The van der Waals surface area contributed by atoms with Crippen LogP contribution < -0.4 is 10.9 Å². The topological polar surface area (TPSA) is 80.8 Å². The molecule has 0 radical (unpaired) electrons. The summed E-state index contributed by atoms with van der Waals surface area (Å²) in [5.41, 5.74) is 1.89. The van der Waals surface area contributed by atoms with Gasteiger partial charge < -0.3 is 9.72 Å². The highest BCUT2D eigenvalue weighted by atomic mass is 16.2. The fraction of sp³-hybridized carbons (Fsp3) is 0.111. The van der Waals surface area contributed by atoms with Crippen molar-refractivity contribution in [3.05, 3.63) is 82.8 Å². The highest BCUT2D eigenvalue weighted by Crippen LogP contribution is 2.04. The summed E-state index contributed by atoms with van der Waals surface area (Å²) in [6, 6.07) is 11.0. The molecular formula is C18H15N5O2. The Balaban J connectivity index is 1.47. The third kappa shape index (κ3) is 2.87. The molecule has 124 valence electrons. The lowest BCUT2D eigenvalue weighted by molar-refractivity contribution is 0.0952. The summed E-state index contributed by atoms with van der Waals surface area (Å²) in [6.45, 7) is 0.389. The summed E-state index contributed by atoms with van der Waals surface area (Å²) in [7, 11) is 0. The monoisotopic (exact) mass is 333 g/mol. The number of nitrogens with one attached hydrogen (secondary N) is 1. The van der Waals surface area contributed by atoms with Crippen LogP contribution in [-0.2, 0) is 6.42 Å². The van der Waals surface area contributed by atoms with Crippen molar-refractivity contribution in [2.45, 2.75) is 6.42 Å². The van der Waals surface area contributed by atoms with Crippen LogP contribution in [0.15, 0.2) is 66.0 Å². The van der Waals surface area contributed by atoms with E-state index in [9.17, 15) is 9.59 Å². The molecule has 0 saturated heterocycles. The summed E-state index contributed by atoms with van der Waals surface area (Å²) in [6.07, 6.45) is 7.34. The summed E-state index contributed by atoms with van der Waals surface area (Å²) in [5.74, 6) is -0.431. The second-order valence-corrected chi connectivity index (χ2v) is 5.61. The fourth-order valence-electron chi connectivity index (χ4n) is 2.69. The molecule has 0 atom stereocenters. The molecule has 4 aromatic heterocycles. The molecule has 4 heterocycles. The van der Waals surface area contributed by atoms with Crippen LogP contribution in [0.2, 0.25) is 0 Å². The Morgan fingerprint density at radius 2 is 1.88 bits per heavy atom. The van der Waals surface area contributed by atoms with E-state index in [1.807, 2.05) is 35.0 Å². The zero-order valence-corrected chi connectivity index (χ0v) is 13.3. The van der Waals surface area contributed by atoms with Gasteiger partial charge >= 0.3 is 0 Å². The number of carbonyl (C=O) groups is 1. The van der Waals surface area contributed by atoms with Crippen LogP contribution in [0, 0.1) is 0 Å². The average molecular weight is 333 g/mol. The normalized spacial score (nSPS) is 11.0. The number of imidazole rings is 1. The minimum atomic E-state index is -0.431. The van der Waals surface area contributed by atoms with Crippen molar-refractivity contribution in [3.63, 3.8) is 0 Å². The quantitative estimate of drug-likeness (QED) is 0.611. The van der Waals surface area contributed by atoms with Gasteiger partial charge in [-0.05, 0) is 24.3 Å². The Morgan fingerprint density at radius 1 is 1.08 bits per heavy atom. The van der Waals surface area contributed by atoms with Gasteiger partial charge in [0, 0.05) is 37.8 Å². The zero-order chi connectivity index (χ0) is 17.2. The van der Waals surface area contributed by atoms with Crippen molar-refractivity contribution in [1.82, 2.24) is 24.1 Å². The van der Waals surface area contributed by atoms with Crippen molar-refractivity contribution in [1.29, 1.82) is 0 Å². The molecule has 4 aromatic rings. The molecular weight excluding hydrogens is 318 g/mol. The van der Waals surface area contributed by atoms with E-state index in [2.05, 4.69) is 15.3 Å². The third-order valence-electron chi connectivity index (χ3n) is 3.94. The predicted octanol–water partition coefficient (Wildman–Crippen LogP) is 1.31. The summed E-state index contributed by atoms with van der Waals surface area (Å²) in [4.78, 5) is 33.3. The number of fused-ring (bicyclic) bond motifs is 2. The Hall–Kier alpha value is -3.48. The number of amides is 1. The molecule has 0 unspecified atom stereocenters. The van der Waals surface area contributed by atoms with E-state index in [0.29, 0.717) is 18.6 Å². The molecule has 0 spiro atoms. The number of carbonyl (C=O) groups excluding carboxylic acids is 1. The molecule has 0 bridgehead atoms. The molecule has 0 fully saturated rings. The van der Waals surface area contributed by atoms with Gasteiger partial charge in [0.1, 0.15) is 16.9 Å². The van der Waals surface area contributed by atoms with Crippen LogP contribution in [0.1, 0.15) is 16.1 Å². The van der Waals surface area contributed by atoms with Crippen molar-refractivity contribution in [2.24, 2.45) is 0 Å². The lowest BCUT2D eigenvalue weighted by atomic mass is 10.3. The number of pyridine rings is 2. The van der Waals surface area contributed by atoms with E-state index in [1.54, 1.807) is 24.4 Å². The maximum Gasteiger partial charge on any atom is 0.270 e. The van der Waals surface area contributed by atoms with Crippen molar-refractivity contribution >= 4 is 17.2 Å². The van der Waals surface area contributed by atoms with Crippen molar-refractivity contribution in [3.8, 4) is 0 Å². The van der Waals surface area contributed by atoms with Crippen LogP contribution in [0.3, 0.4) is 0 Å². The van der Waals surface area contributed by atoms with Gasteiger partial charge in [0.25, 0.3) is 11.5 Å². The highest BCUT2D eigenvalue weighted by molar-refractivity contribution is 5.93. The summed E-state index contributed by atoms with van der Waals surface area (Å²) in [5, 5.41) is 2.76. The Bertz CT molecular complexity index is 1100. The minimum Gasteiger partial charge on any atom is -0.351 e. The number of aromatic nitrogens is 4. The lowest BCUT2D eigenvalue weighted by Crippen LogP contribution is -2.32. The van der Waals surface area contributed by atoms with Gasteiger partial charge in [-0.25, -0.2) is 9.97 Å². The molecule has 0 saturated carbocycles. The maximum atomic E-state index is 12.4. The largest absolute Gasteiger partial charge is 0.351 e. The van der Waals surface area contributed by atoms with Gasteiger partial charge in [-0.3, -0.25) is 14.0 Å². The van der Waals surface area contributed by atoms with E-state index < -0.39 is 5.91 Å². The molecule has 1 amide bonds. The molecule has 0 aliphatic carbocycles. The van der Waals surface area contributed by atoms with Gasteiger partial charge in [0.2, 0.25) is 0 Å². The average Bonchev–Trinajstić information content (AvgIpc) is 3.05. The third-order valence-corrected chi connectivity index (χ3v) is 3.94. The smallest absolute Gasteiger partial charge is 0.270 e. The second kappa shape index (κ2) is 6.20. The SMILES string of the molecule is O=C(NCCc1cn2ccccc2n1)c1cnc2ccccn2c1=O. The molecule has 7 heteroatoms. The van der Waals surface area contributed by atoms with Crippen LogP contribution in [0.5, 0.6) is 0 Å². The number of rotatable bonds is 4. The fourth-order valence-corrected chi connectivity index (χ4v) is 2.69. The predicted molar refractivity (Wildman–Crippen MR) is 92.7 cm³/mol. The first-order chi connectivity index (χ1) is 12.2. The molecule has 0 aliphatic heterocycles. The summed E-state index contributed by atoms with van der Waals surface area (Å²) >= 11 is 0. The first kappa shape index (κ1) is 15.1. The molecule has 25 heavy (non-hydrogen) atoms. The second-order valence-electron chi connectivity index (χ2n) is 5.61. The Morgan fingerprint density at radius 3 is 2.72 bits per heavy atom. The standard InChI is InChI=1S/C18H15N5O2/c24-17(14-11-20-15-5-2-4-10-23(15)18(14)25)19-8-7-13-12-22-9-3-1-6-16(22)21-13/h1-6,9-12H,7-8H2,(H,19,24). The van der Waals surface area contributed by atoms with Crippen LogP contribution >= 0.6 is 0 Å². The number of hydrogen-bond donors (Lipinski definition) is 1. The van der Waals surface area contributed by atoms with Gasteiger partial charge in [-0.1, -0.05) is 12.1 Å². The first-order valence-corrected chi connectivity index (χ1v) is 7.89. The lowest BCUT2D eigenvalue weighted by Gasteiger charge is -2.05. The molecule has 0 aliphatic rings. The Labute approximate surface area is 142 Å². The Kier molecular flexibility index (Phi) is 3.74. The minimum absolute atomic E-state index is 0.0266. The van der Waals surface area contributed by atoms with Crippen LogP contribution in [-0.4, -0.2) is 31.2 Å². The van der Waals surface area contributed by atoms with Crippen LogP contribution in [0.4, 0.5) is 0 Å². The number of nitrogens with zero attached hydrogens (tertiary/aromatic N) is 4. The van der Waals surface area contributed by atoms with Gasteiger partial charge in [-0.15, -0.1) is 0 Å². The van der Waals surface area contributed by atoms with Gasteiger partial charge in [-0.2, -0.15) is 0 Å². The molecule has 1 N–H and O–H groups in total. The van der Waals surface area contributed by atoms with E-state index in [1.165, 1.54) is 10.6 Å². The molecule has 0 aromatic carbocycles. The molecule has 7 nitrogen and oxygen atoms in total. The summed E-state index contributed by atoms with van der Waals surface area (Å²) < 4.78 is 3.29. The van der Waals surface area contributed by atoms with Gasteiger partial charge in [0.05, 0.1) is 5.69 Å². The van der Waals surface area contributed by atoms with Crippen molar-refractivity contribution < 1.29 is 4.79 Å². The number of hydrogen-bond acceptors (Lipinski definition) is 4. The van der Waals surface area contributed by atoms with E-state index in [-0.39, 0.29) is 11.1 Å². The first-order valence-electron chi connectivity index (χ1n) is 7.89. The van der Waals surface area contributed by atoms with Gasteiger partial charge in [0.15, 0.2) is 0 Å². The van der Waals surface area contributed by atoms with E-state index in [0.717, 1.165) is 11.3 Å².